The molecule has 2 fully saturated rings. The fourth-order valence-electron chi connectivity index (χ4n) is 3.50. The monoisotopic (exact) mass is 257 g/mol. The van der Waals surface area contributed by atoms with Gasteiger partial charge in [0.2, 0.25) is 0 Å². The Bertz CT molecular complexity index is 580. The lowest BCUT2D eigenvalue weighted by atomic mass is 9.81. The second-order valence-electron chi connectivity index (χ2n) is 5.75. The molecular weight excluding hydrogens is 238 g/mol. The van der Waals surface area contributed by atoms with Crippen LogP contribution >= 0.6 is 0 Å². The molecule has 2 aliphatic rings. The number of anilines is 1. The van der Waals surface area contributed by atoms with Gasteiger partial charge in [-0.2, -0.15) is 0 Å². The number of pyridine rings is 1. The Morgan fingerprint density at radius 1 is 1.32 bits per heavy atom. The Kier molecular flexibility index (Phi) is 2.69. The van der Waals surface area contributed by atoms with E-state index >= 15 is 0 Å². The Morgan fingerprint density at radius 2 is 2.32 bits per heavy atom. The van der Waals surface area contributed by atoms with Gasteiger partial charge >= 0.3 is 0 Å². The molecular formula is C15H19N3O. The van der Waals surface area contributed by atoms with E-state index in [1.807, 2.05) is 12.3 Å². The first-order valence-corrected chi connectivity index (χ1v) is 7.19. The molecule has 2 aliphatic heterocycles. The summed E-state index contributed by atoms with van der Waals surface area (Å²) in [7, 11) is 0. The standard InChI is InChI=1S/C15H19N3O/c1-4-16-8-11-2-5-18(10-12(1)11)13-7-15-14(17-9-13)3-6-19-15/h3,6-7,9,11-12,16H,1-2,4-5,8,10H2/t11-,12-/m1/s1. The highest BCUT2D eigenvalue weighted by Gasteiger charge is 2.31. The van der Waals surface area contributed by atoms with Crippen molar-refractivity contribution >= 4 is 16.8 Å². The lowest BCUT2D eigenvalue weighted by Crippen LogP contribution is -2.48. The largest absolute Gasteiger partial charge is 0.463 e. The molecule has 0 unspecified atom stereocenters. The zero-order valence-electron chi connectivity index (χ0n) is 11.0. The minimum atomic E-state index is 0.835. The van der Waals surface area contributed by atoms with Crippen molar-refractivity contribution in [1.82, 2.24) is 10.3 Å². The molecule has 4 rings (SSSR count). The van der Waals surface area contributed by atoms with Crippen LogP contribution in [0.4, 0.5) is 5.69 Å². The molecule has 4 nitrogen and oxygen atoms in total. The molecule has 100 valence electrons. The average Bonchev–Trinajstić information content (AvgIpc) is 2.94. The van der Waals surface area contributed by atoms with Crippen molar-refractivity contribution in [2.45, 2.75) is 12.8 Å². The SMILES string of the molecule is c1cc2ncc(N3CC[C@@H]4CNCC[C@@H]4C3)cc2o1. The summed E-state index contributed by atoms with van der Waals surface area (Å²) in [6.45, 7) is 4.68. The molecule has 0 aliphatic carbocycles. The second kappa shape index (κ2) is 4.53. The van der Waals surface area contributed by atoms with Gasteiger partial charge in [0.05, 0.1) is 18.1 Å². The quantitative estimate of drug-likeness (QED) is 0.851. The molecule has 2 aromatic rings. The number of piperidine rings is 2. The summed E-state index contributed by atoms with van der Waals surface area (Å²) in [6, 6.07) is 4.04. The molecule has 4 heterocycles. The topological polar surface area (TPSA) is 41.3 Å². The van der Waals surface area contributed by atoms with E-state index in [9.17, 15) is 0 Å². The maximum Gasteiger partial charge on any atom is 0.154 e. The number of rotatable bonds is 1. The van der Waals surface area contributed by atoms with E-state index in [1.165, 1.54) is 38.2 Å². The van der Waals surface area contributed by atoms with Crippen molar-refractivity contribution in [3.05, 3.63) is 24.6 Å². The van der Waals surface area contributed by atoms with Gasteiger partial charge in [-0.15, -0.1) is 0 Å². The van der Waals surface area contributed by atoms with E-state index in [1.54, 1.807) is 6.26 Å². The van der Waals surface area contributed by atoms with E-state index in [2.05, 4.69) is 21.3 Å². The second-order valence-corrected chi connectivity index (χ2v) is 5.75. The number of hydrogen-bond acceptors (Lipinski definition) is 4. The highest BCUT2D eigenvalue weighted by Crippen LogP contribution is 2.31. The molecule has 0 amide bonds. The number of nitrogens with one attached hydrogen (secondary N) is 1. The Hall–Kier alpha value is -1.55. The van der Waals surface area contributed by atoms with Crippen molar-refractivity contribution < 1.29 is 4.42 Å². The van der Waals surface area contributed by atoms with Gasteiger partial charge in [-0.3, -0.25) is 4.98 Å². The molecule has 4 heteroatoms. The number of hydrogen-bond donors (Lipinski definition) is 1. The third-order valence-electron chi connectivity index (χ3n) is 4.64. The van der Waals surface area contributed by atoms with Crippen LogP contribution in [0.25, 0.3) is 11.1 Å². The molecule has 0 aromatic carbocycles. The summed E-state index contributed by atoms with van der Waals surface area (Å²) in [6.07, 6.45) is 6.28. The van der Waals surface area contributed by atoms with Gasteiger partial charge in [0, 0.05) is 25.2 Å². The van der Waals surface area contributed by atoms with E-state index in [4.69, 9.17) is 4.42 Å². The van der Waals surface area contributed by atoms with Crippen LogP contribution in [-0.4, -0.2) is 31.2 Å². The third-order valence-corrected chi connectivity index (χ3v) is 4.64. The van der Waals surface area contributed by atoms with Gasteiger partial charge in [-0.1, -0.05) is 0 Å². The molecule has 0 saturated carbocycles. The Balaban J connectivity index is 1.58. The van der Waals surface area contributed by atoms with Crippen LogP contribution in [0.5, 0.6) is 0 Å². The average molecular weight is 257 g/mol. The van der Waals surface area contributed by atoms with Crippen molar-refractivity contribution in [2.75, 3.05) is 31.1 Å². The zero-order valence-corrected chi connectivity index (χ0v) is 11.0. The molecule has 19 heavy (non-hydrogen) atoms. The van der Waals surface area contributed by atoms with Gasteiger partial charge in [0.15, 0.2) is 5.58 Å². The summed E-state index contributed by atoms with van der Waals surface area (Å²) in [5.74, 6) is 1.70. The molecule has 0 spiro atoms. The summed E-state index contributed by atoms with van der Waals surface area (Å²) in [5.41, 5.74) is 3.05. The van der Waals surface area contributed by atoms with Crippen LogP contribution in [0.1, 0.15) is 12.8 Å². The molecule has 1 N–H and O–H groups in total. The van der Waals surface area contributed by atoms with Crippen LogP contribution in [0.2, 0.25) is 0 Å². The number of fused-ring (bicyclic) bond motifs is 2. The third kappa shape index (κ3) is 2.00. The van der Waals surface area contributed by atoms with Gasteiger partial charge < -0.3 is 14.6 Å². The fraction of sp³-hybridized carbons (Fsp3) is 0.533. The Labute approximate surface area is 112 Å². The van der Waals surface area contributed by atoms with Crippen LogP contribution in [0.3, 0.4) is 0 Å². The molecule has 0 bridgehead atoms. The summed E-state index contributed by atoms with van der Waals surface area (Å²) < 4.78 is 5.46. The lowest BCUT2D eigenvalue weighted by molar-refractivity contribution is 0.218. The zero-order chi connectivity index (χ0) is 12.7. The minimum absolute atomic E-state index is 0.835. The van der Waals surface area contributed by atoms with E-state index in [0.717, 1.165) is 29.5 Å². The van der Waals surface area contributed by atoms with Gasteiger partial charge in [0.25, 0.3) is 0 Å². The summed E-state index contributed by atoms with van der Waals surface area (Å²) in [5, 5.41) is 3.51. The summed E-state index contributed by atoms with van der Waals surface area (Å²) >= 11 is 0. The van der Waals surface area contributed by atoms with Crippen molar-refractivity contribution in [3.63, 3.8) is 0 Å². The van der Waals surface area contributed by atoms with Crippen molar-refractivity contribution in [2.24, 2.45) is 11.8 Å². The first kappa shape index (κ1) is 11.3. The molecule has 0 radical (unpaired) electrons. The van der Waals surface area contributed by atoms with Gasteiger partial charge in [0.1, 0.15) is 5.52 Å². The smallest absolute Gasteiger partial charge is 0.154 e. The van der Waals surface area contributed by atoms with Crippen LogP contribution in [-0.2, 0) is 0 Å². The molecule has 2 aromatic heterocycles. The first-order chi connectivity index (χ1) is 9.40. The van der Waals surface area contributed by atoms with Crippen LogP contribution in [0, 0.1) is 11.8 Å². The van der Waals surface area contributed by atoms with E-state index < -0.39 is 0 Å². The lowest BCUT2D eigenvalue weighted by Gasteiger charge is -2.42. The highest BCUT2D eigenvalue weighted by atomic mass is 16.3. The minimum Gasteiger partial charge on any atom is -0.463 e. The first-order valence-electron chi connectivity index (χ1n) is 7.19. The predicted molar refractivity (Wildman–Crippen MR) is 75.3 cm³/mol. The van der Waals surface area contributed by atoms with E-state index in [-0.39, 0.29) is 0 Å². The van der Waals surface area contributed by atoms with E-state index in [0.29, 0.717) is 0 Å². The van der Waals surface area contributed by atoms with Crippen LogP contribution < -0.4 is 10.2 Å². The Morgan fingerprint density at radius 3 is 3.32 bits per heavy atom. The van der Waals surface area contributed by atoms with Crippen molar-refractivity contribution in [3.8, 4) is 0 Å². The maximum atomic E-state index is 5.46. The predicted octanol–water partition coefficient (Wildman–Crippen LogP) is 2.26. The van der Waals surface area contributed by atoms with Gasteiger partial charge in [-0.05, 0) is 37.8 Å². The molecule has 2 atom stereocenters. The maximum absolute atomic E-state index is 5.46. The molecule has 2 saturated heterocycles. The summed E-state index contributed by atoms with van der Waals surface area (Å²) in [4.78, 5) is 6.95. The number of nitrogens with zero attached hydrogens (tertiary/aromatic N) is 2. The van der Waals surface area contributed by atoms with Gasteiger partial charge in [-0.25, -0.2) is 0 Å². The van der Waals surface area contributed by atoms with Crippen molar-refractivity contribution in [1.29, 1.82) is 0 Å². The fourth-order valence-corrected chi connectivity index (χ4v) is 3.50. The highest BCUT2D eigenvalue weighted by molar-refractivity contribution is 5.76. The normalized spacial score (nSPS) is 27.5. The van der Waals surface area contributed by atoms with Crippen LogP contribution in [0.15, 0.2) is 29.0 Å². The number of furan rings is 1. The number of aromatic nitrogens is 1.